The first-order chi connectivity index (χ1) is 9.86. The van der Waals surface area contributed by atoms with Crippen molar-refractivity contribution in [2.75, 3.05) is 72.7 Å². The average molecular weight is 287 g/mol. The van der Waals surface area contributed by atoms with Crippen molar-refractivity contribution in [3.63, 3.8) is 0 Å². The summed E-state index contributed by atoms with van der Waals surface area (Å²) in [6.45, 7) is 10.3. The van der Waals surface area contributed by atoms with Gasteiger partial charge in [0.15, 0.2) is 0 Å². The van der Waals surface area contributed by atoms with Crippen molar-refractivity contribution in [3.05, 3.63) is 0 Å². The van der Waals surface area contributed by atoms with Gasteiger partial charge in [-0.05, 0) is 51.9 Å². The number of rotatable bonds is 11. The number of nitrogens with zero attached hydrogens (tertiary/aromatic N) is 2. The van der Waals surface area contributed by atoms with Crippen molar-refractivity contribution < 1.29 is 9.47 Å². The van der Waals surface area contributed by atoms with Crippen LogP contribution in [0.4, 0.5) is 0 Å². The van der Waals surface area contributed by atoms with Crippen molar-refractivity contribution in [2.45, 2.75) is 25.7 Å². The van der Waals surface area contributed by atoms with Crippen LogP contribution in [0.1, 0.15) is 25.7 Å². The highest BCUT2D eigenvalue weighted by molar-refractivity contribution is 4.69. The lowest BCUT2D eigenvalue weighted by atomic mass is 10.3. The van der Waals surface area contributed by atoms with Gasteiger partial charge in [-0.25, -0.2) is 0 Å². The number of hydrogen-bond acceptors (Lipinski definition) is 5. The highest BCUT2D eigenvalue weighted by Crippen LogP contribution is 2.05. The average Bonchev–Trinajstić information content (AvgIpc) is 2.69. The highest BCUT2D eigenvalue weighted by Gasteiger charge is 2.13. The first-order valence-electron chi connectivity index (χ1n) is 8.08. The van der Waals surface area contributed by atoms with Crippen molar-refractivity contribution >= 4 is 0 Å². The zero-order chi connectivity index (χ0) is 14.5. The fourth-order valence-electron chi connectivity index (χ4n) is 2.59. The number of hydrogen-bond donors (Lipinski definition) is 1. The predicted octanol–water partition coefficient (Wildman–Crippen LogP) is 0.786. The normalized spacial score (nSPS) is 18.3. The highest BCUT2D eigenvalue weighted by atomic mass is 16.5. The molecule has 0 unspecified atom stereocenters. The predicted molar refractivity (Wildman–Crippen MR) is 83.1 cm³/mol. The molecule has 0 atom stereocenters. The van der Waals surface area contributed by atoms with Gasteiger partial charge in [0, 0.05) is 33.4 Å². The summed E-state index contributed by atoms with van der Waals surface area (Å²) in [6.07, 6.45) is 4.80. The molecule has 5 heteroatoms. The van der Waals surface area contributed by atoms with E-state index in [-0.39, 0.29) is 0 Å². The molecule has 2 N–H and O–H groups in total. The van der Waals surface area contributed by atoms with Crippen LogP contribution in [0.5, 0.6) is 0 Å². The van der Waals surface area contributed by atoms with Gasteiger partial charge in [-0.3, -0.25) is 0 Å². The molecule has 1 saturated heterocycles. The maximum absolute atomic E-state index is 5.55. The lowest BCUT2D eigenvalue weighted by molar-refractivity contribution is 0.0654. The van der Waals surface area contributed by atoms with Crippen LogP contribution in [0.2, 0.25) is 0 Å². The molecule has 5 nitrogen and oxygen atoms in total. The zero-order valence-corrected chi connectivity index (χ0v) is 13.2. The van der Waals surface area contributed by atoms with E-state index in [4.69, 9.17) is 15.2 Å². The van der Waals surface area contributed by atoms with E-state index in [1.807, 2.05) is 0 Å². The Morgan fingerprint density at radius 2 is 1.55 bits per heavy atom. The topological polar surface area (TPSA) is 51.0 Å². The van der Waals surface area contributed by atoms with Crippen LogP contribution in [0, 0.1) is 0 Å². The van der Waals surface area contributed by atoms with E-state index in [2.05, 4.69) is 9.80 Å². The fraction of sp³-hybridized carbons (Fsp3) is 1.00. The zero-order valence-electron chi connectivity index (χ0n) is 13.2. The van der Waals surface area contributed by atoms with Crippen LogP contribution in [0.3, 0.4) is 0 Å². The van der Waals surface area contributed by atoms with Crippen molar-refractivity contribution in [1.29, 1.82) is 0 Å². The Kier molecular flexibility index (Phi) is 11.2. The van der Waals surface area contributed by atoms with Gasteiger partial charge in [-0.2, -0.15) is 0 Å². The molecule has 20 heavy (non-hydrogen) atoms. The molecule has 0 aromatic carbocycles. The molecule has 0 bridgehead atoms. The minimum absolute atomic E-state index is 0.696. The summed E-state index contributed by atoms with van der Waals surface area (Å²) < 4.78 is 10.5. The summed E-state index contributed by atoms with van der Waals surface area (Å²) >= 11 is 0. The fourth-order valence-corrected chi connectivity index (χ4v) is 2.59. The SMILES string of the molecule is COCCOCCCN1CCCN(CCCCN)CC1. The molecule has 1 aliphatic rings. The minimum Gasteiger partial charge on any atom is -0.382 e. The van der Waals surface area contributed by atoms with Gasteiger partial charge < -0.3 is 25.0 Å². The second-order valence-corrected chi connectivity index (χ2v) is 5.49. The Morgan fingerprint density at radius 3 is 2.20 bits per heavy atom. The summed E-state index contributed by atoms with van der Waals surface area (Å²) in [5, 5.41) is 0. The second kappa shape index (κ2) is 12.5. The van der Waals surface area contributed by atoms with Crippen LogP contribution in [-0.4, -0.2) is 82.5 Å². The Labute approximate surface area is 124 Å². The second-order valence-electron chi connectivity index (χ2n) is 5.49. The Balaban J connectivity index is 2.01. The van der Waals surface area contributed by atoms with Crippen molar-refractivity contribution in [2.24, 2.45) is 5.73 Å². The maximum atomic E-state index is 5.55. The number of ether oxygens (including phenoxy) is 2. The van der Waals surface area contributed by atoms with Crippen molar-refractivity contribution in [3.8, 4) is 0 Å². The molecule has 1 fully saturated rings. The molecule has 0 amide bonds. The van der Waals surface area contributed by atoms with Crippen molar-refractivity contribution in [1.82, 2.24) is 9.80 Å². The van der Waals surface area contributed by atoms with E-state index in [0.717, 1.165) is 32.5 Å². The molecule has 0 aliphatic carbocycles. The number of methoxy groups -OCH3 is 1. The summed E-state index contributed by atoms with van der Waals surface area (Å²) in [5.41, 5.74) is 5.55. The van der Waals surface area contributed by atoms with Gasteiger partial charge in [0.1, 0.15) is 0 Å². The Hall–Kier alpha value is -0.200. The van der Waals surface area contributed by atoms with Gasteiger partial charge in [0.25, 0.3) is 0 Å². The van der Waals surface area contributed by atoms with E-state index in [1.54, 1.807) is 7.11 Å². The molecule has 0 aromatic heterocycles. The van der Waals surface area contributed by atoms with E-state index in [9.17, 15) is 0 Å². The lowest BCUT2D eigenvalue weighted by Gasteiger charge is -2.21. The van der Waals surface area contributed by atoms with Gasteiger partial charge in [-0.15, -0.1) is 0 Å². The lowest BCUT2D eigenvalue weighted by Crippen LogP contribution is -2.32. The molecule has 0 spiro atoms. The molecule has 1 rings (SSSR count). The smallest absolute Gasteiger partial charge is 0.0700 e. The van der Waals surface area contributed by atoms with Gasteiger partial charge in [-0.1, -0.05) is 0 Å². The third kappa shape index (κ3) is 8.87. The standard InChI is InChI=1S/C15H33N3O2/c1-19-14-15-20-13-5-10-18-9-4-8-17(11-12-18)7-3-2-6-16/h2-16H2,1H3. The third-order valence-corrected chi connectivity index (χ3v) is 3.80. The summed E-state index contributed by atoms with van der Waals surface area (Å²) in [4.78, 5) is 5.16. The first kappa shape index (κ1) is 17.9. The third-order valence-electron chi connectivity index (χ3n) is 3.80. The minimum atomic E-state index is 0.696. The van der Waals surface area contributed by atoms with E-state index < -0.39 is 0 Å². The monoisotopic (exact) mass is 287 g/mol. The van der Waals surface area contributed by atoms with Gasteiger partial charge in [0.2, 0.25) is 0 Å². The maximum Gasteiger partial charge on any atom is 0.0700 e. The van der Waals surface area contributed by atoms with Crippen LogP contribution in [-0.2, 0) is 9.47 Å². The Morgan fingerprint density at radius 1 is 0.850 bits per heavy atom. The van der Waals surface area contributed by atoms with Crippen LogP contribution < -0.4 is 5.73 Å². The van der Waals surface area contributed by atoms with E-state index >= 15 is 0 Å². The molecular formula is C15H33N3O2. The molecule has 1 heterocycles. The summed E-state index contributed by atoms with van der Waals surface area (Å²) in [7, 11) is 1.71. The quantitative estimate of drug-likeness (QED) is 0.569. The molecule has 1 aliphatic heterocycles. The van der Waals surface area contributed by atoms with Gasteiger partial charge in [0.05, 0.1) is 13.2 Å². The summed E-state index contributed by atoms with van der Waals surface area (Å²) in [5.74, 6) is 0. The van der Waals surface area contributed by atoms with E-state index in [0.29, 0.717) is 13.2 Å². The van der Waals surface area contributed by atoms with Crippen LogP contribution in [0.15, 0.2) is 0 Å². The Bertz CT molecular complexity index is 217. The van der Waals surface area contributed by atoms with Gasteiger partial charge >= 0.3 is 0 Å². The number of nitrogens with two attached hydrogens (primary N) is 1. The molecule has 120 valence electrons. The molecule has 0 radical (unpaired) electrons. The molecule has 0 aromatic rings. The summed E-state index contributed by atoms with van der Waals surface area (Å²) in [6, 6.07) is 0. The van der Waals surface area contributed by atoms with Crippen LogP contribution >= 0.6 is 0 Å². The molecular weight excluding hydrogens is 254 g/mol. The van der Waals surface area contributed by atoms with Crippen LogP contribution in [0.25, 0.3) is 0 Å². The number of unbranched alkanes of at least 4 members (excludes halogenated alkanes) is 1. The first-order valence-corrected chi connectivity index (χ1v) is 8.08. The largest absolute Gasteiger partial charge is 0.382 e. The van der Waals surface area contributed by atoms with E-state index in [1.165, 1.54) is 45.6 Å². The molecule has 0 saturated carbocycles.